The molecule has 0 bridgehead atoms. The summed E-state index contributed by atoms with van der Waals surface area (Å²) in [4.78, 5) is 14.2. The largest absolute Gasteiger partial charge is 0.477 e. The van der Waals surface area contributed by atoms with Crippen molar-refractivity contribution in [1.29, 1.82) is 0 Å². The zero-order valence-electron chi connectivity index (χ0n) is 11.2. The van der Waals surface area contributed by atoms with Crippen molar-refractivity contribution >= 4 is 17.3 Å². The van der Waals surface area contributed by atoms with Gasteiger partial charge >= 0.3 is 5.97 Å². The van der Waals surface area contributed by atoms with Crippen LogP contribution >= 0.6 is 11.3 Å². The first kappa shape index (κ1) is 13.1. The van der Waals surface area contributed by atoms with Crippen LogP contribution in [0.4, 0.5) is 0 Å². The Kier molecular flexibility index (Phi) is 3.89. The Bertz CT molecular complexity index is 451. The van der Waals surface area contributed by atoms with Gasteiger partial charge in [-0.05, 0) is 55.2 Å². The van der Waals surface area contributed by atoms with Crippen molar-refractivity contribution in [3.63, 3.8) is 0 Å². The van der Waals surface area contributed by atoms with Crippen LogP contribution in [0.3, 0.4) is 0 Å². The summed E-state index contributed by atoms with van der Waals surface area (Å²) in [5.41, 5.74) is 1.00. The normalized spacial score (nSPS) is 25.2. The van der Waals surface area contributed by atoms with E-state index in [1.165, 1.54) is 49.9 Å². The summed E-state index contributed by atoms with van der Waals surface area (Å²) in [6, 6.07) is 2.68. The van der Waals surface area contributed by atoms with Gasteiger partial charge < -0.3 is 5.11 Å². The molecular formula is C15H21NO2S. The Labute approximate surface area is 118 Å². The monoisotopic (exact) mass is 279 g/mol. The lowest BCUT2D eigenvalue weighted by atomic mass is 9.96. The third-order valence-electron chi connectivity index (χ3n) is 4.67. The highest BCUT2D eigenvalue weighted by Gasteiger charge is 2.33. The van der Waals surface area contributed by atoms with E-state index in [2.05, 4.69) is 4.90 Å². The average Bonchev–Trinajstić information content (AvgIpc) is 3.09. The zero-order valence-corrected chi connectivity index (χ0v) is 12.0. The van der Waals surface area contributed by atoms with Crippen LogP contribution < -0.4 is 0 Å². The second kappa shape index (κ2) is 5.63. The van der Waals surface area contributed by atoms with Gasteiger partial charge in [0.05, 0.1) is 0 Å². The molecule has 2 heterocycles. The van der Waals surface area contributed by atoms with E-state index < -0.39 is 5.97 Å². The molecule has 1 aromatic heterocycles. The summed E-state index contributed by atoms with van der Waals surface area (Å²) in [5.74, 6) is 0.0797. The molecule has 1 aromatic rings. The van der Waals surface area contributed by atoms with Crippen LogP contribution in [0, 0.1) is 5.92 Å². The molecule has 1 N–H and O–H groups in total. The predicted octanol–water partition coefficient (Wildman–Crippen LogP) is 3.60. The highest BCUT2D eigenvalue weighted by atomic mass is 32.1. The van der Waals surface area contributed by atoms with Gasteiger partial charge in [0.15, 0.2) is 0 Å². The summed E-state index contributed by atoms with van der Waals surface area (Å²) >= 11 is 1.35. The van der Waals surface area contributed by atoms with Gasteiger partial charge in [-0.2, -0.15) is 0 Å². The topological polar surface area (TPSA) is 40.5 Å². The molecule has 1 saturated heterocycles. The number of carboxylic acids is 1. The smallest absolute Gasteiger partial charge is 0.346 e. The Balaban J connectivity index is 1.71. The molecule has 1 saturated carbocycles. The van der Waals surface area contributed by atoms with Gasteiger partial charge in [0, 0.05) is 12.6 Å². The molecule has 19 heavy (non-hydrogen) atoms. The molecular weight excluding hydrogens is 258 g/mol. The molecule has 1 aliphatic heterocycles. The van der Waals surface area contributed by atoms with Crippen molar-refractivity contribution in [2.75, 3.05) is 6.54 Å². The first-order valence-electron chi connectivity index (χ1n) is 7.29. The van der Waals surface area contributed by atoms with E-state index in [0.29, 0.717) is 10.9 Å². The van der Waals surface area contributed by atoms with Crippen LogP contribution in [0.2, 0.25) is 0 Å². The van der Waals surface area contributed by atoms with E-state index in [9.17, 15) is 9.90 Å². The molecule has 4 heteroatoms. The fourth-order valence-corrected chi connectivity index (χ4v) is 4.54. The molecule has 1 atom stereocenters. The van der Waals surface area contributed by atoms with Crippen LogP contribution in [-0.2, 0) is 6.54 Å². The number of likely N-dealkylation sites (tertiary alicyclic amines) is 1. The molecule has 0 aromatic carbocycles. The second-order valence-electron chi connectivity index (χ2n) is 5.80. The van der Waals surface area contributed by atoms with Gasteiger partial charge in [-0.1, -0.05) is 12.8 Å². The van der Waals surface area contributed by atoms with Gasteiger partial charge in [-0.15, -0.1) is 11.3 Å². The molecule has 2 fully saturated rings. The first-order valence-corrected chi connectivity index (χ1v) is 8.17. The fourth-order valence-electron chi connectivity index (χ4n) is 3.79. The second-order valence-corrected chi connectivity index (χ2v) is 6.72. The molecule has 0 spiro atoms. The maximum absolute atomic E-state index is 11.2. The Morgan fingerprint density at radius 1 is 1.32 bits per heavy atom. The molecule has 2 aliphatic rings. The predicted molar refractivity (Wildman–Crippen MR) is 76.7 cm³/mol. The lowest BCUT2D eigenvalue weighted by Gasteiger charge is -2.29. The van der Waals surface area contributed by atoms with Crippen molar-refractivity contribution in [1.82, 2.24) is 4.90 Å². The minimum absolute atomic E-state index is 0.525. The summed E-state index contributed by atoms with van der Waals surface area (Å²) in [7, 11) is 0. The third-order valence-corrected chi connectivity index (χ3v) is 5.62. The third kappa shape index (κ3) is 2.70. The number of carboxylic acid groups (broad SMARTS) is 1. The molecule has 0 radical (unpaired) electrons. The van der Waals surface area contributed by atoms with E-state index >= 15 is 0 Å². The summed E-state index contributed by atoms with van der Waals surface area (Å²) in [6.45, 7) is 1.96. The summed E-state index contributed by atoms with van der Waals surface area (Å²) < 4.78 is 0. The van der Waals surface area contributed by atoms with Crippen molar-refractivity contribution in [3.05, 3.63) is 21.9 Å². The standard InChI is InChI=1S/C15H21NO2S/c17-15(18)14-12(7-9-19-14)10-16-8-3-6-13(16)11-4-1-2-5-11/h7,9,11,13H,1-6,8,10H2,(H,17,18). The van der Waals surface area contributed by atoms with Crippen LogP contribution in [0.5, 0.6) is 0 Å². The number of nitrogens with zero attached hydrogens (tertiary/aromatic N) is 1. The average molecular weight is 279 g/mol. The number of rotatable bonds is 4. The highest BCUT2D eigenvalue weighted by Crippen LogP contribution is 2.36. The van der Waals surface area contributed by atoms with E-state index in [1.54, 1.807) is 0 Å². The van der Waals surface area contributed by atoms with Crippen LogP contribution in [-0.4, -0.2) is 28.6 Å². The van der Waals surface area contributed by atoms with E-state index in [0.717, 1.165) is 24.6 Å². The summed E-state index contributed by atoms with van der Waals surface area (Å²) in [6.07, 6.45) is 8.08. The van der Waals surface area contributed by atoms with Crippen LogP contribution in [0.1, 0.15) is 53.8 Å². The van der Waals surface area contributed by atoms with Crippen LogP contribution in [0.25, 0.3) is 0 Å². The van der Waals surface area contributed by atoms with Crippen molar-refractivity contribution in [2.24, 2.45) is 5.92 Å². The maximum atomic E-state index is 11.2. The van der Waals surface area contributed by atoms with Crippen molar-refractivity contribution in [3.8, 4) is 0 Å². The van der Waals surface area contributed by atoms with E-state index in [4.69, 9.17) is 0 Å². The quantitative estimate of drug-likeness (QED) is 0.915. The molecule has 3 nitrogen and oxygen atoms in total. The lowest BCUT2D eigenvalue weighted by molar-refractivity contribution is 0.0699. The first-order chi connectivity index (χ1) is 9.25. The molecule has 0 amide bonds. The Morgan fingerprint density at radius 3 is 2.84 bits per heavy atom. The van der Waals surface area contributed by atoms with Crippen LogP contribution in [0.15, 0.2) is 11.4 Å². The number of aromatic carboxylic acids is 1. The molecule has 1 aliphatic carbocycles. The number of hydrogen-bond acceptors (Lipinski definition) is 3. The van der Waals surface area contributed by atoms with Gasteiger partial charge in [-0.25, -0.2) is 4.79 Å². The minimum atomic E-state index is -0.776. The Hall–Kier alpha value is -0.870. The maximum Gasteiger partial charge on any atom is 0.346 e. The van der Waals surface area contributed by atoms with Crippen molar-refractivity contribution in [2.45, 2.75) is 51.1 Å². The number of thiophene rings is 1. The molecule has 104 valence electrons. The van der Waals surface area contributed by atoms with E-state index in [1.807, 2.05) is 11.4 Å². The minimum Gasteiger partial charge on any atom is -0.477 e. The SMILES string of the molecule is O=C(O)c1sccc1CN1CCCC1C1CCCC1. The summed E-state index contributed by atoms with van der Waals surface area (Å²) in [5, 5.41) is 11.1. The van der Waals surface area contributed by atoms with Crippen molar-refractivity contribution < 1.29 is 9.90 Å². The molecule has 1 unspecified atom stereocenters. The highest BCUT2D eigenvalue weighted by molar-refractivity contribution is 7.12. The van der Waals surface area contributed by atoms with Gasteiger partial charge in [0.25, 0.3) is 0 Å². The number of hydrogen-bond donors (Lipinski definition) is 1. The van der Waals surface area contributed by atoms with Gasteiger partial charge in [0.1, 0.15) is 4.88 Å². The number of carbonyl (C=O) groups is 1. The van der Waals surface area contributed by atoms with Gasteiger partial charge in [0.2, 0.25) is 0 Å². The lowest BCUT2D eigenvalue weighted by Crippen LogP contribution is -2.34. The van der Waals surface area contributed by atoms with Gasteiger partial charge in [-0.3, -0.25) is 4.90 Å². The molecule has 3 rings (SSSR count). The van der Waals surface area contributed by atoms with E-state index in [-0.39, 0.29) is 0 Å². The zero-order chi connectivity index (χ0) is 13.2. The fraction of sp³-hybridized carbons (Fsp3) is 0.667. The Morgan fingerprint density at radius 2 is 2.11 bits per heavy atom.